The van der Waals surface area contributed by atoms with Crippen LogP contribution < -0.4 is 11.1 Å². The van der Waals surface area contributed by atoms with Crippen molar-refractivity contribution in [1.29, 1.82) is 0 Å². The summed E-state index contributed by atoms with van der Waals surface area (Å²) in [6.07, 6.45) is 0.825. The van der Waals surface area contributed by atoms with Crippen LogP contribution >= 0.6 is 11.6 Å². The van der Waals surface area contributed by atoms with E-state index in [0.717, 1.165) is 6.42 Å². The lowest BCUT2D eigenvalue weighted by atomic mass is 9.88. The standard InChI is InChI=1S/C11H15ClN4O/c1-5(2)3-6-4-14-10-7(8(6)17)9(12)15-11(13)16-10/h5-6H,3-4H2,1-2H3,(H3,13,14,15,16). The minimum atomic E-state index is -0.0628. The average molecular weight is 255 g/mol. The highest BCUT2D eigenvalue weighted by atomic mass is 35.5. The van der Waals surface area contributed by atoms with E-state index in [1.54, 1.807) is 0 Å². The van der Waals surface area contributed by atoms with Crippen molar-refractivity contribution in [3.63, 3.8) is 0 Å². The first kappa shape index (κ1) is 12.1. The fourth-order valence-electron chi connectivity index (χ4n) is 2.07. The summed E-state index contributed by atoms with van der Waals surface area (Å²) in [4.78, 5) is 20.1. The summed E-state index contributed by atoms with van der Waals surface area (Å²) in [5, 5.41) is 3.23. The quantitative estimate of drug-likeness (QED) is 0.789. The molecule has 0 saturated heterocycles. The van der Waals surface area contributed by atoms with Gasteiger partial charge in [0.15, 0.2) is 5.78 Å². The highest BCUT2D eigenvalue weighted by Gasteiger charge is 2.31. The van der Waals surface area contributed by atoms with Gasteiger partial charge in [-0.25, -0.2) is 4.98 Å². The number of nitrogens with one attached hydrogen (secondary N) is 1. The summed E-state index contributed by atoms with van der Waals surface area (Å²) in [7, 11) is 0. The molecule has 1 atom stereocenters. The number of ketones is 1. The van der Waals surface area contributed by atoms with Gasteiger partial charge in [0, 0.05) is 12.5 Å². The predicted molar refractivity (Wildman–Crippen MR) is 67.2 cm³/mol. The molecule has 0 saturated carbocycles. The Morgan fingerprint density at radius 1 is 1.53 bits per heavy atom. The Kier molecular flexibility index (Phi) is 3.19. The number of carbonyl (C=O) groups is 1. The molecule has 1 aliphatic heterocycles. The van der Waals surface area contributed by atoms with Crippen molar-refractivity contribution in [3.05, 3.63) is 10.7 Å². The van der Waals surface area contributed by atoms with Crippen molar-refractivity contribution < 1.29 is 4.79 Å². The van der Waals surface area contributed by atoms with Crippen molar-refractivity contribution in [2.75, 3.05) is 17.6 Å². The van der Waals surface area contributed by atoms with Gasteiger partial charge in [0.1, 0.15) is 11.0 Å². The zero-order valence-electron chi connectivity index (χ0n) is 9.83. The van der Waals surface area contributed by atoms with Gasteiger partial charge in [-0.3, -0.25) is 4.79 Å². The third kappa shape index (κ3) is 2.34. The predicted octanol–water partition coefficient (Wildman–Crippen LogP) is 1.98. The summed E-state index contributed by atoms with van der Waals surface area (Å²) in [6, 6.07) is 0. The molecule has 0 radical (unpaired) electrons. The Labute approximate surface area is 105 Å². The van der Waals surface area contributed by atoms with Crippen LogP contribution in [0.3, 0.4) is 0 Å². The number of halogens is 1. The van der Waals surface area contributed by atoms with E-state index < -0.39 is 0 Å². The maximum atomic E-state index is 12.2. The lowest BCUT2D eigenvalue weighted by Gasteiger charge is -2.25. The Morgan fingerprint density at radius 3 is 2.88 bits per heavy atom. The molecule has 0 aromatic carbocycles. The molecule has 17 heavy (non-hydrogen) atoms. The Bertz CT molecular complexity index is 461. The molecule has 2 heterocycles. The SMILES string of the molecule is CC(C)CC1CNc2nc(N)nc(Cl)c2C1=O. The molecule has 0 aliphatic carbocycles. The lowest BCUT2D eigenvalue weighted by molar-refractivity contribution is 0.0906. The van der Waals surface area contributed by atoms with E-state index in [0.29, 0.717) is 23.8 Å². The lowest BCUT2D eigenvalue weighted by Crippen LogP contribution is -2.32. The molecule has 0 fully saturated rings. The monoisotopic (exact) mass is 254 g/mol. The molecule has 1 unspecified atom stereocenters. The molecular formula is C11H15ClN4O. The molecule has 0 amide bonds. The van der Waals surface area contributed by atoms with Crippen molar-refractivity contribution in [1.82, 2.24) is 9.97 Å². The number of nitrogens with zero attached hydrogens (tertiary/aromatic N) is 2. The molecule has 92 valence electrons. The van der Waals surface area contributed by atoms with Gasteiger partial charge in [-0.15, -0.1) is 0 Å². The van der Waals surface area contributed by atoms with E-state index in [1.807, 2.05) is 0 Å². The smallest absolute Gasteiger partial charge is 0.223 e. The molecule has 2 rings (SSSR count). The van der Waals surface area contributed by atoms with Gasteiger partial charge >= 0.3 is 0 Å². The van der Waals surface area contributed by atoms with Gasteiger partial charge in [-0.05, 0) is 12.3 Å². The largest absolute Gasteiger partial charge is 0.369 e. The third-order valence-corrected chi connectivity index (χ3v) is 3.04. The van der Waals surface area contributed by atoms with Crippen LogP contribution in [0.2, 0.25) is 5.15 Å². The van der Waals surface area contributed by atoms with Crippen LogP contribution in [0.4, 0.5) is 11.8 Å². The Balaban J connectivity index is 2.35. The number of aromatic nitrogens is 2. The summed E-state index contributed by atoms with van der Waals surface area (Å²) >= 11 is 5.95. The fraction of sp³-hybridized carbons (Fsp3) is 0.545. The number of carbonyl (C=O) groups excluding carboxylic acids is 1. The van der Waals surface area contributed by atoms with Crippen LogP contribution in [-0.2, 0) is 0 Å². The van der Waals surface area contributed by atoms with Crippen LogP contribution in [0.1, 0.15) is 30.6 Å². The molecule has 3 N–H and O–H groups in total. The number of anilines is 2. The number of fused-ring (bicyclic) bond motifs is 1. The van der Waals surface area contributed by atoms with Crippen LogP contribution in [-0.4, -0.2) is 22.3 Å². The topological polar surface area (TPSA) is 80.9 Å². The van der Waals surface area contributed by atoms with Crippen molar-refractivity contribution in [2.45, 2.75) is 20.3 Å². The summed E-state index contributed by atoms with van der Waals surface area (Å²) < 4.78 is 0. The maximum absolute atomic E-state index is 12.2. The van der Waals surface area contributed by atoms with Gasteiger partial charge in [-0.2, -0.15) is 4.98 Å². The van der Waals surface area contributed by atoms with Crippen LogP contribution in [0.25, 0.3) is 0 Å². The van der Waals surface area contributed by atoms with E-state index in [-0.39, 0.29) is 22.8 Å². The van der Waals surface area contributed by atoms with Gasteiger partial charge in [0.25, 0.3) is 0 Å². The van der Waals surface area contributed by atoms with E-state index in [2.05, 4.69) is 29.1 Å². The number of nitrogens with two attached hydrogens (primary N) is 1. The van der Waals surface area contributed by atoms with Crippen LogP contribution in [0.15, 0.2) is 0 Å². The summed E-state index contributed by atoms with van der Waals surface area (Å²) in [6.45, 7) is 4.75. The number of rotatable bonds is 2. The number of Topliss-reactive ketones (excluding diaryl/α,β-unsaturated/α-hetero) is 1. The van der Waals surface area contributed by atoms with Gasteiger partial charge < -0.3 is 11.1 Å². The minimum Gasteiger partial charge on any atom is -0.369 e. The first-order valence-corrected chi connectivity index (χ1v) is 5.98. The summed E-state index contributed by atoms with van der Waals surface area (Å²) in [5.41, 5.74) is 5.86. The highest BCUT2D eigenvalue weighted by molar-refractivity contribution is 6.33. The first-order valence-electron chi connectivity index (χ1n) is 5.60. The van der Waals surface area contributed by atoms with Gasteiger partial charge in [0.2, 0.25) is 5.95 Å². The molecular weight excluding hydrogens is 240 g/mol. The van der Waals surface area contributed by atoms with E-state index >= 15 is 0 Å². The Hall–Kier alpha value is -1.36. The molecule has 1 aromatic heterocycles. The zero-order valence-corrected chi connectivity index (χ0v) is 10.6. The van der Waals surface area contributed by atoms with Crippen molar-refractivity contribution in [2.24, 2.45) is 11.8 Å². The van der Waals surface area contributed by atoms with Crippen LogP contribution in [0.5, 0.6) is 0 Å². The molecule has 0 spiro atoms. The van der Waals surface area contributed by atoms with E-state index in [4.69, 9.17) is 17.3 Å². The first-order chi connectivity index (χ1) is 7.99. The van der Waals surface area contributed by atoms with E-state index in [9.17, 15) is 4.79 Å². The second-order valence-corrected chi connectivity index (χ2v) is 5.03. The summed E-state index contributed by atoms with van der Waals surface area (Å²) in [5.74, 6) is 0.939. The highest BCUT2D eigenvalue weighted by Crippen LogP contribution is 2.31. The third-order valence-electron chi connectivity index (χ3n) is 2.77. The number of hydrogen-bond acceptors (Lipinski definition) is 5. The molecule has 5 nitrogen and oxygen atoms in total. The van der Waals surface area contributed by atoms with Crippen LogP contribution in [0, 0.1) is 11.8 Å². The fourth-order valence-corrected chi connectivity index (χ4v) is 2.34. The normalized spacial score (nSPS) is 19.1. The zero-order chi connectivity index (χ0) is 12.6. The minimum absolute atomic E-state index is 0.0115. The second-order valence-electron chi connectivity index (χ2n) is 4.67. The van der Waals surface area contributed by atoms with Crippen molar-refractivity contribution in [3.8, 4) is 0 Å². The van der Waals surface area contributed by atoms with E-state index in [1.165, 1.54) is 0 Å². The number of hydrogen-bond donors (Lipinski definition) is 2. The molecule has 1 aliphatic rings. The molecule has 0 bridgehead atoms. The number of nitrogen functional groups attached to an aromatic ring is 1. The average Bonchev–Trinajstić information content (AvgIpc) is 2.20. The van der Waals surface area contributed by atoms with Crippen molar-refractivity contribution >= 4 is 29.2 Å². The van der Waals surface area contributed by atoms with Gasteiger partial charge in [0.05, 0.1) is 5.56 Å². The maximum Gasteiger partial charge on any atom is 0.223 e. The second kappa shape index (κ2) is 4.49. The Morgan fingerprint density at radius 2 is 2.24 bits per heavy atom. The molecule has 1 aromatic rings. The van der Waals surface area contributed by atoms with Gasteiger partial charge in [-0.1, -0.05) is 25.4 Å². The molecule has 6 heteroatoms.